The molecule has 0 bridgehead atoms. The number of aromatic nitrogens is 2. The summed E-state index contributed by atoms with van der Waals surface area (Å²) in [4.78, 5) is 10.4. The highest BCUT2D eigenvalue weighted by Crippen LogP contribution is 2.23. The average Bonchev–Trinajstić information content (AvgIpc) is 2.94. The van der Waals surface area contributed by atoms with Crippen LogP contribution in [0.3, 0.4) is 0 Å². The lowest BCUT2D eigenvalue weighted by Crippen LogP contribution is -2.24. The first-order chi connectivity index (χ1) is 13.7. The summed E-state index contributed by atoms with van der Waals surface area (Å²) >= 11 is 0. The minimum Gasteiger partial charge on any atom is -0.265 e. The number of benzene rings is 2. The van der Waals surface area contributed by atoms with E-state index in [2.05, 4.69) is 9.82 Å². The van der Waals surface area contributed by atoms with E-state index in [0.717, 1.165) is 28.6 Å². The molecule has 1 aromatic heterocycles. The SMILES string of the molecule is Cc1ccc(S(=O)(=O)NCc2c(C)nn(Cc3ccccc3)c2C)cc1[N+](=O)[O-]. The number of hydrogen-bond donors (Lipinski definition) is 1. The number of sulfonamides is 1. The van der Waals surface area contributed by atoms with Crippen LogP contribution in [0.15, 0.2) is 53.4 Å². The van der Waals surface area contributed by atoms with Gasteiger partial charge in [-0.25, -0.2) is 13.1 Å². The molecule has 0 unspecified atom stereocenters. The third-order valence-electron chi connectivity index (χ3n) is 4.83. The molecule has 152 valence electrons. The van der Waals surface area contributed by atoms with E-state index in [-0.39, 0.29) is 17.1 Å². The van der Waals surface area contributed by atoms with Gasteiger partial charge in [-0.1, -0.05) is 36.4 Å². The van der Waals surface area contributed by atoms with Gasteiger partial charge in [-0.15, -0.1) is 0 Å². The largest absolute Gasteiger partial charge is 0.273 e. The van der Waals surface area contributed by atoms with Crippen molar-refractivity contribution in [3.05, 3.63) is 86.7 Å². The molecule has 1 heterocycles. The number of nitrogens with one attached hydrogen (secondary N) is 1. The van der Waals surface area contributed by atoms with Gasteiger partial charge in [0.05, 0.1) is 22.1 Å². The fraction of sp³-hybridized carbons (Fsp3) is 0.250. The Morgan fingerprint density at radius 1 is 1.10 bits per heavy atom. The maximum Gasteiger partial charge on any atom is 0.273 e. The lowest BCUT2D eigenvalue weighted by atomic mass is 10.2. The molecule has 0 saturated heterocycles. The van der Waals surface area contributed by atoms with Crippen LogP contribution in [0.25, 0.3) is 0 Å². The van der Waals surface area contributed by atoms with Crippen molar-refractivity contribution in [3.8, 4) is 0 Å². The molecule has 0 radical (unpaired) electrons. The fourth-order valence-corrected chi connectivity index (χ4v) is 4.12. The molecular weight excluding hydrogens is 392 g/mol. The predicted molar refractivity (Wildman–Crippen MR) is 109 cm³/mol. The van der Waals surface area contributed by atoms with Crippen LogP contribution in [-0.2, 0) is 23.1 Å². The Morgan fingerprint density at radius 2 is 1.79 bits per heavy atom. The summed E-state index contributed by atoms with van der Waals surface area (Å²) in [6.07, 6.45) is 0. The standard InChI is InChI=1S/C20H22N4O4S/c1-14-9-10-18(11-20(14)24(25)26)29(27,28)21-12-19-15(2)22-23(16(19)3)13-17-7-5-4-6-8-17/h4-11,21H,12-13H2,1-3H3. The summed E-state index contributed by atoms with van der Waals surface area (Å²) in [5.41, 5.74) is 3.65. The third-order valence-corrected chi connectivity index (χ3v) is 6.23. The van der Waals surface area contributed by atoms with Crippen molar-refractivity contribution < 1.29 is 13.3 Å². The van der Waals surface area contributed by atoms with E-state index in [1.807, 2.05) is 48.9 Å². The van der Waals surface area contributed by atoms with Crippen molar-refractivity contribution in [1.29, 1.82) is 0 Å². The Bertz CT molecular complexity index is 1150. The van der Waals surface area contributed by atoms with Crippen molar-refractivity contribution in [2.75, 3.05) is 0 Å². The highest BCUT2D eigenvalue weighted by molar-refractivity contribution is 7.89. The normalized spacial score (nSPS) is 11.6. The van der Waals surface area contributed by atoms with Gasteiger partial charge in [-0.05, 0) is 32.4 Å². The molecule has 0 amide bonds. The molecule has 1 N–H and O–H groups in total. The average molecular weight is 414 g/mol. The Morgan fingerprint density at radius 3 is 2.45 bits per heavy atom. The Kier molecular flexibility index (Phi) is 5.81. The molecular formula is C20H22N4O4S. The molecule has 2 aromatic carbocycles. The number of nitrogens with zero attached hydrogens (tertiary/aromatic N) is 3. The van der Waals surface area contributed by atoms with Crippen LogP contribution in [0.4, 0.5) is 5.69 Å². The minimum absolute atomic E-state index is 0.0520. The highest BCUT2D eigenvalue weighted by atomic mass is 32.2. The van der Waals surface area contributed by atoms with Crippen LogP contribution >= 0.6 is 0 Å². The monoisotopic (exact) mass is 414 g/mol. The van der Waals surface area contributed by atoms with Crippen LogP contribution in [0.5, 0.6) is 0 Å². The van der Waals surface area contributed by atoms with E-state index in [4.69, 9.17) is 0 Å². The van der Waals surface area contributed by atoms with Gasteiger partial charge in [-0.3, -0.25) is 14.8 Å². The van der Waals surface area contributed by atoms with Gasteiger partial charge in [-0.2, -0.15) is 5.10 Å². The van der Waals surface area contributed by atoms with Gasteiger partial charge in [0.15, 0.2) is 0 Å². The second-order valence-electron chi connectivity index (χ2n) is 6.82. The van der Waals surface area contributed by atoms with Crippen molar-refractivity contribution in [1.82, 2.24) is 14.5 Å². The highest BCUT2D eigenvalue weighted by Gasteiger charge is 2.21. The zero-order valence-electron chi connectivity index (χ0n) is 16.4. The topological polar surface area (TPSA) is 107 Å². The van der Waals surface area contributed by atoms with Crippen molar-refractivity contribution in [2.45, 2.75) is 38.8 Å². The third kappa shape index (κ3) is 4.52. The summed E-state index contributed by atoms with van der Waals surface area (Å²) in [6.45, 7) is 5.93. The van der Waals surface area contributed by atoms with Gasteiger partial charge in [0.2, 0.25) is 10.0 Å². The van der Waals surface area contributed by atoms with Crippen LogP contribution in [-0.4, -0.2) is 23.1 Å². The molecule has 0 fully saturated rings. The van der Waals surface area contributed by atoms with E-state index in [1.165, 1.54) is 12.1 Å². The summed E-state index contributed by atoms with van der Waals surface area (Å²) in [7, 11) is -3.91. The van der Waals surface area contributed by atoms with Crippen LogP contribution in [0.1, 0.15) is 28.1 Å². The van der Waals surface area contributed by atoms with Gasteiger partial charge in [0.1, 0.15) is 0 Å². The fourth-order valence-electron chi connectivity index (χ4n) is 3.10. The van der Waals surface area contributed by atoms with E-state index in [0.29, 0.717) is 12.1 Å². The summed E-state index contributed by atoms with van der Waals surface area (Å²) < 4.78 is 29.7. The molecule has 0 atom stereocenters. The zero-order valence-corrected chi connectivity index (χ0v) is 17.2. The molecule has 0 aliphatic heterocycles. The van der Waals surface area contributed by atoms with E-state index >= 15 is 0 Å². The van der Waals surface area contributed by atoms with Crippen molar-refractivity contribution in [3.63, 3.8) is 0 Å². The quantitative estimate of drug-likeness (QED) is 0.472. The van der Waals surface area contributed by atoms with Crippen LogP contribution in [0.2, 0.25) is 0 Å². The molecule has 3 rings (SSSR count). The van der Waals surface area contributed by atoms with E-state index in [1.54, 1.807) is 6.92 Å². The van der Waals surface area contributed by atoms with E-state index < -0.39 is 14.9 Å². The number of aryl methyl sites for hydroxylation is 2. The maximum absolute atomic E-state index is 12.7. The smallest absolute Gasteiger partial charge is 0.265 e. The van der Waals surface area contributed by atoms with Crippen molar-refractivity contribution in [2.24, 2.45) is 0 Å². The molecule has 0 spiro atoms. The molecule has 8 nitrogen and oxygen atoms in total. The van der Waals surface area contributed by atoms with Crippen LogP contribution in [0, 0.1) is 30.9 Å². The first-order valence-corrected chi connectivity index (χ1v) is 10.5. The van der Waals surface area contributed by atoms with Crippen molar-refractivity contribution >= 4 is 15.7 Å². The first kappa shape index (κ1) is 20.7. The summed E-state index contributed by atoms with van der Waals surface area (Å²) in [6, 6.07) is 13.7. The molecule has 9 heteroatoms. The van der Waals surface area contributed by atoms with Crippen LogP contribution < -0.4 is 4.72 Å². The number of nitro groups is 1. The Balaban J connectivity index is 1.81. The van der Waals surface area contributed by atoms with Gasteiger partial charge in [0.25, 0.3) is 5.69 Å². The Hall–Kier alpha value is -3.04. The lowest BCUT2D eigenvalue weighted by molar-refractivity contribution is -0.385. The van der Waals surface area contributed by atoms with Gasteiger partial charge >= 0.3 is 0 Å². The second kappa shape index (κ2) is 8.14. The maximum atomic E-state index is 12.7. The molecule has 0 aliphatic carbocycles. The minimum atomic E-state index is -3.91. The first-order valence-electron chi connectivity index (χ1n) is 9.00. The molecule has 0 aliphatic rings. The number of nitro benzene ring substituents is 1. The summed E-state index contributed by atoms with van der Waals surface area (Å²) in [5.74, 6) is 0. The number of hydrogen-bond acceptors (Lipinski definition) is 5. The zero-order chi connectivity index (χ0) is 21.2. The molecule has 0 saturated carbocycles. The number of rotatable bonds is 7. The van der Waals surface area contributed by atoms with E-state index in [9.17, 15) is 18.5 Å². The van der Waals surface area contributed by atoms with Gasteiger partial charge in [0, 0.05) is 29.4 Å². The summed E-state index contributed by atoms with van der Waals surface area (Å²) in [5, 5.41) is 15.6. The lowest BCUT2D eigenvalue weighted by Gasteiger charge is -2.09. The predicted octanol–water partition coefficient (Wildman–Crippen LogP) is 3.24. The second-order valence-corrected chi connectivity index (χ2v) is 8.59. The van der Waals surface area contributed by atoms with Gasteiger partial charge < -0.3 is 0 Å². The Labute approximate surface area is 169 Å². The molecule has 29 heavy (non-hydrogen) atoms. The molecule has 3 aromatic rings.